The van der Waals surface area contributed by atoms with Crippen LogP contribution in [0.1, 0.15) is 79.4 Å². The van der Waals surface area contributed by atoms with E-state index in [-0.39, 0.29) is 38.3 Å². The maximum atomic E-state index is 13.0. The Morgan fingerprint density at radius 2 is 0.956 bits per heavy atom. The molecule has 2 atom stereocenters. The van der Waals surface area contributed by atoms with Gasteiger partial charge < -0.3 is 23.7 Å². The molecule has 0 amide bonds. The number of ether oxygens (including phenoxy) is 5. The van der Waals surface area contributed by atoms with Gasteiger partial charge in [0.25, 0.3) is 0 Å². The van der Waals surface area contributed by atoms with Crippen LogP contribution >= 0.6 is 0 Å². The Balaban J connectivity index is 1.80. The minimum absolute atomic E-state index is 0.0561. The minimum Gasteiger partial charge on any atom is -0.465 e. The lowest BCUT2D eigenvalue weighted by atomic mass is 9.95. The largest absolute Gasteiger partial charge is 0.465 e. The first-order valence-electron chi connectivity index (χ1n) is 15.6. The van der Waals surface area contributed by atoms with Crippen LogP contribution in [0.5, 0.6) is 0 Å². The Morgan fingerprint density at radius 1 is 0.556 bits per heavy atom. The molecule has 0 spiro atoms. The van der Waals surface area contributed by atoms with Crippen molar-refractivity contribution in [2.45, 2.75) is 92.6 Å². The van der Waals surface area contributed by atoms with E-state index < -0.39 is 46.9 Å². The Morgan fingerprint density at radius 3 is 1.40 bits per heavy atom. The molecule has 0 aliphatic heterocycles. The number of esters is 4. The van der Waals surface area contributed by atoms with Crippen LogP contribution in [0.2, 0.25) is 0 Å². The second-order valence-corrected chi connectivity index (χ2v) is 13.1. The van der Waals surface area contributed by atoms with Crippen molar-refractivity contribution in [3.05, 3.63) is 71.8 Å². The fourth-order valence-electron chi connectivity index (χ4n) is 4.44. The highest BCUT2D eigenvalue weighted by Gasteiger charge is 2.37. The summed E-state index contributed by atoms with van der Waals surface area (Å²) in [5.41, 5.74) is 0.0950. The molecule has 0 saturated carbocycles. The van der Waals surface area contributed by atoms with E-state index in [0.29, 0.717) is 12.8 Å². The normalized spacial score (nSPS) is 13.2. The van der Waals surface area contributed by atoms with E-state index in [0.717, 1.165) is 11.1 Å². The molecule has 0 aliphatic carbocycles. The van der Waals surface area contributed by atoms with Gasteiger partial charge in [-0.3, -0.25) is 19.2 Å². The second-order valence-electron chi connectivity index (χ2n) is 13.1. The van der Waals surface area contributed by atoms with Gasteiger partial charge in [0.15, 0.2) is 11.8 Å². The maximum Gasteiger partial charge on any atom is 0.321 e. The number of carbonyl (C=O) groups is 4. The molecule has 2 aromatic carbocycles. The van der Waals surface area contributed by atoms with Crippen LogP contribution in [0, 0.1) is 23.7 Å². The molecular formula is C36H50O9. The van der Waals surface area contributed by atoms with Crippen molar-refractivity contribution in [2.75, 3.05) is 13.2 Å². The monoisotopic (exact) mass is 626 g/mol. The molecule has 2 rings (SSSR count). The van der Waals surface area contributed by atoms with Gasteiger partial charge in [0.2, 0.25) is 0 Å². The number of benzene rings is 2. The Bertz CT molecular complexity index is 1220. The van der Waals surface area contributed by atoms with Crippen molar-refractivity contribution in [3.63, 3.8) is 0 Å². The summed E-state index contributed by atoms with van der Waals surface area (Å²) in [5.74, 6) is -5.19. The van der Waals surface area contributed by atoms with Crippen molar-refractivity contribution < 1.29 is 42.9 Å². The fraction of sp³-hybridized carbons (Fsp3) is 0.556. The van der Waals surface area contributed by atoms with E-state index in [2.05, 4.69) is 0 Å². The van der Waals surface area contributed by atoms with E-state index in [1.165, 1.54) is 0 Å². The predicted molar refractivity (Wildman–Crippen MR) is 170 cm³/mol. The van der Waals surface area contributed by atoms with Gasteiger partial charge in [-0.15, -0.1) is 0 Å². The first-order chi connectivity index (χ1) is 21.1. The molecule has 0 bridgehead atoms. The molecule has 0 N–H and O–H groups in total. The third kappa shape index (κ3) is 13.4. The predicted octanol–water partition coefficient (Wildman–Crippen LogP) is 6.46. The quantitative estimate of drug-likeness (QED) is 0.104. The molecule has 0 saturated heterocycles. The maximum absolute atomic E-state index is 13.0. The molecule has 45 heavy (non-hydrogen) atoms. The number of rotatable bonds is 18. The van der Waals surface area contributed by atoms with Crippen LogP contribution in [0.25, 0.3) is 0 Å². The Hall–Kier alpha value is -3.72. The number of hydrogen-bond donors (Lipinski definition) is 0. The molecule has 0 fully saturated rings. The SMILES string of the molecule is CC(C)[C@@H](C(=O)OCCC(C)(C)OCCC(C)(C)OC(=O)[C@H](C(=O)OCc1ccccc1)C(C)C)C(=O)OCc1ccccc1. The standard InChI is InChI=1S/C36H50O9/c1-25(2)29(32(38)42-23-27-15-11-9-12-16-27)31(37)41-21-19-35(5,6)44-22-20-36(7,8)45-34(40)30(26(3)4)33(39)43-24-28-17-13-10-14-18-28/h9-18,25-26,29-30H,19-24H2,1-8H3/t29-,30-/m0/s1. The van der Waals surface area contributed by atoms with Gasteiger partial charge in [-0.25, -0.2) is 0 Å². The van der Waals surface area contributed by atoms with Gasteiger partial charge in [0.1, 0.15) is 18.8 Å². The molecule has 9 heteroatoms. The van der Waals surface area contributed by atoms with Crippen LogP contribution in [-0.4, -0.2) is 48.3 Å². The summed E-state index contributed by atoms with van der Waals surface area (Å²) in [6.45, 7) is 14.8. The minimum atomic E-state index is -1.05. The van der Waals surface area contributed by atoms with Crippen LogP contribution in [0.15, 0.2) is 60.7 Å². The lowest BCUT2D eigenvalue weighted by Gasteiger charge is -2.31. The average Bonchev–Trinajstić information content (AvgIpc) is 2.95. The lowest BCUT2D eigenvalue weighted by Crippen LogP contribution is -2.39. The zero-order valence-corrected chi connectivity index (χ0v) is 28.0. The summed E-state index contributed by atoms with van der Waals surface area (Å²) in [4.78, 5) is 51.3. The van der Waals surface area contributed by atoms with Gasteiger partial charge in [-0.1, -0.05) is 88.4 Å². The fourth-order valence-corrected chi connectivity index (χ4v) is 4.44. The molecule has 0 radical (unpaired) electrons. The van der Waals surface area contributed by atoms with Crippen molar-refractivity contribution in [3.8, 4) is 0 Å². The van der Waals surface area contributed by atoms with Gasteiger partial charge >= 0.3 is 23.9 Å². The zero-order chi connectivity index (χ0) is 33.6. The lowest BCUT2D eigenvalue weighted by molar-refractivity contribution is -0.174. The second kappa shape index (κ2) is 17.7. The average molecular weight is 627 g/mol. The summed E-state index contributed by atoms with van der Waals surface area (Å²) in [6.07, 6.45) is 0.750. The summed E-state index contributed by atoms with van der Waals surface area (Å²) >= 11 is 0. The highest BCUT2D eigenvalue weighted by atomic mass is 16.6. The van der Waals surface area contributed by atoms with E-state index in [4.69, 9.17) is 23.7 Å². The first-order valence-corrected chi connectivity index (χ1v) is 15.6. The van der Waals surface area contributed by atoms with Crippen molar-refractivity contribution in [1.29, 1.82) is 0 Å². The van der Waals surface area contributed by atoms with Crippen LogP contribution < -0.4 is 0 Å². The third-order valence-corrected chi connectivity index (χ3v) is 7.32. The zero-order valence-electron chi connectivity index (χ0n) is 28.0. The molecule has 0 heterocycles. The molecule has 0 aromatic heterocycles. The van der Waals surface area contributed by atoms with E-state index >= 15 is 0 Å². The summed E-state index contributed by atoms with van der Waals surface area (Å²) in [7, 11) is 0. The molecular weight excluding hydrogens is 576 g/mol. The highest BCUT2D eigenvalue weighted by Crippen LogP contribution is 2.24. The van der Waals surface area contributed by atoms with Crippen molar-refractivity contribution in [1.82, 2.24) is 0 Å². The molecule has 248 valence electrons. The van der Waals surface area contributed by atoms with Crippen LogP contribution in [-0.2, 0) is 56.1 Å². The van der Waals surface area contributed by atoms with E-state index in [1.807, 2.05) is 74.5 Å². The number of carbonyl (C=O) groups excluding carboxylic acids is 4. The van der Waals surface area contributed by atoms with E-state index in [9.17, 15) is 19.2 Å². The number of hydrogen-bond acceptors (Lipinski definition) is 9. The molecule has 2 aromatic rings. The van der Waals surface area contributed by atoms with Crippen LogP contribution in [0.4, 0.5) is 0 Å². The first kappa shape index (κ1) is 37.5. The Labute approximate surface area is 267 Å². The smallest absolute Gasteiger partial charge is 0.321 e. The summed E-state index contributed by atoms with van der Waals surface area (Å²) < 4.78 is 28.0. The highest BCUT2D eigenvalue weighted by molar-refractivity contribution is 5.95. The van der Waals surface area contributed by atoms with Gasteiger partial charge in [-0.05, 0) is 50.7 Å². The Kier molecular flexibility index (Phi) is 14.7. The summed E-state index contributed by atoms with van der Waals surface area (Å²) in [6, 6.07) is 18.5. The van der Waals surface area contributed by atoms with Gasteiger partial charge in [0, 0.05) is 12.8 Å². The van der Waals surface area contributed by atoms with Crippen molar-refractivity contribution in [2.24, 2.45) is 23.7 Å². The van der Waals surface area contributed by atoms with Gasteiger partial charge in [-0.2, -0.15) is 0 Å². The van der Waals surface area contributed by atoms with E-state index in [1.54, 1.807) is 41.5 Å². The molecule has 9 nitrogen and oxygen atoms in total. The summed E-state index contributed by atoms with van der Waals surface area (Å²) in [5, 5.41) is 0. The van der Waals surface area contributed by atoms with Crippen molar-refractivity contribution >= 4 is 23.9 Å². The topological polar surface area (TPSA) is 114 Å². The molecule has 0 aliphatic rings. The third-order valence-electron chi connectivity index (χ3n) is 7.32. The van der Waals surface area contributed by atoms with Gasteiger partial charge in [0.05, 0.1) is 18.8 Å². The molecule has 0 unspecified atom stereocenters. The van der Waals surface area contributed by atoms with Crippen LogP contribution in [0.3, 0.4) is 0 Å².